The molecule has 2 atom stereocenters. The van der Waals surface area contributed by atoms with Gasteiger partial charge in [0.2, 0.25) is 0 Å². The largest absolute Gasteiger partial charge is 0.484 e. The summed E-state index contributed by atoms with van der Waals surface area (Å²) >= 11 is 5.55. The average Bonchev–Trinajstić information content (AvgIpc) is 2.86. The van der Waals surface area contributed by atoms with E-state index in [0.29, 0.717) is 19.3 Å². The number of ether oxygens (including phenoxy) is 1. The highest BCUT2D eigenvalue weighted by Gasteiger charge is 2.26. The van der Waals surface area contributed by atoms with Gasteiger partial charge in [0.05, 0.1) is 5.02 Å². The minimum absolute atomic E-state index is 0.0141. The lowest BCUT2D eigenvalue weighted by molar-refractivity contribution is -0.123. The van der Waals surface area contributed by atoms with E-state index in [1.54, 1.807) is 0 Å². The summed E-state index contributed by atoms with van der Waals surface area (Å²) in [7, 11) is 0. The Hall–Kier alpha value is -2.02. The Morgan fingerprint density at radius 1 is 1.32 bits per heavy atom. The Morgan fingerprint density at radius 2 is 2.00 bits per heavy atom. The van der Waals surface area contributed by atoms with Crippen LogP contribution in [0.1, 0.15) is 19.3 Å². The molecule has 1 aliphatic carbocycles. The molecule has 6 nitrogen and oxygen atoms in total. The van der Waals surface area contributed by atoms with Crippen LogP contribution >= 0.6 is 11.6 Å². The van der Waals surface area contributed by atoms with Crippen LogP contribution in [-0.2, 0) is 4.79 Å². The molecule has 8 heteroatoms. The maximum atomic E-state index is 13.2. The molecule has 1 aromatic rings. The lowest BCUT2D eigenvalue weighted by Crippen LogP contribution is -2.38. The minimum atomic E-state index is -1.06. The molecule has 1 fully saturated rings. The van der Waals surface area contributed by atoms with E-state index >= 15 is 0 Å². The molecule has 1 aromatic carbocycles. The van der Waals surface area contributed by atoms with Crippen molar-refractivity contribution in [1.29, 1.82) is 0 Å². The van der Waals surface area contributed by atoms with E-state index in [1.165, 1.54) is 12.1 Å². The number of carbonyl (C=O) groups excluding carboxylic acids is 1. The zero-order valence-corrected chi connectivity index (χ0v) is 12.4. The number of hydrogen-bond acceptors (Lipinski definition) is 3. The van der Waals surface area contributed by atoms with Gasteiger partial charge < -0.3 is 20.5 Å². The van der Waals surface area contributed by atoms with Gasteiger partial charge in [-0.2, -0.15) is 0 Å². The summed E-state index contributed by atoms with van der Waals surface area (Å²) in [4.78, 5) is 22.3. The molecule has 0 aromatic heterocycles. The number of benzene rings is 1. The summed E-state index contributed by atoms with van der Waals surface area (Å²) < 4.78 is 18.4. The summed E-state index contributed by atoms with van der Waals surface area (Å²) in [5.41, 5.74) is 0. The first-order chi connectivity index (χ1) is 10.4. The topological polar surface area (TPSA) is 87.7 Å². The molecule has 0 bridgehead atoms. The van der Waals surface area contributed by atoms with Crippen LogP contribution in [0.3, 0.4) is 0 Å². The number of amides is 2. The molecule has 0 saturated heterocycles. The molecule has 0 spiro atoms. The van der Waals surface area contributed by atoms with Gasteiger partial charge in [-0.25, -0.2) is 9.18 Å². The molecule has 0 aliphatic heterocycles. The van der Waals surface area contributed by atoms with Gasteiger partial charge in [-0.1, -0.05) is 11.6 Å². The Labute approximate surface area is 131 Å². The molecular formula is C14H16ClFN2O4. The van der Waals surface area contributed by atoms with Crippen molar-refractivity contribution in [3.63, 3.8) is 0 Å². The number of carbonyl (C=O) groups is 2. The first-order valence-electron chi connectivity index (χ1n) is 6.80. The highest BCUT2D eigenvalue weighted by molar-refractivity contribution is 6.30. The van der Waals surface area contributed by atoms with Crippen LogP contribution in [0.5, 0.6) is 5.75 Å². The highest BCUT2D eigenvalue weighted by atomic mass is 35.5. The third-order valence-corrected chi connectivity index (χ3v) is 3.69. The zero-order chi connectivity index (χ0) is 16.1. The third-order valence-electron chi connectivity index (χ3n) is 3.39. The van der Waals surface area contributed by atoms with E-state index in [2.05, 4.69) is 10.6 Å². The van der Waals surface area contributed by atoms with Crippen molar-refractivity contribution in [2.24, 2.45) is 0 Å². The lowest BCUT2D eigenvalue weighted by Gasteiger charge is -2.14. The van der Waals surface area contributed by atoms with Crippen LogP contribution in [0.25, 0.3) is 0 Å². The Bertz CT molecular complexity index is 570. The summed E-state index contributed by atoms with van der Waals surface area (Å²) in [6.07, 6.45) is 0.866. The second-order valence-electron chi connectivity index (χ2n) is 5.09. The Balaban J connectivity index is 1.74. The molecule has 0 unspecified atom stereocenters. The molecule has 0 heterocycles. The number of nitrogens with one attached hydrogen (secondary N) is 2. The van der Waals surface area contributed by atoms with Crippen LogP contribution in [-0.4, -0.2) is 35.8 Å². The number of rotatable bonds is 5. The van der Waals surface area contributed by atoms with E-state index in [0.717, 1.165) is 6.07 Å². The zero-order valence-electron chi connectivity index (χ0n) is 11.6. The smallest absolute Gasteiger partial charge is 0.404 e. The molecular weight excluding hydrogens is 315 g/mol. The van der Waals surface area contributed by atoms with Crippen molar-refractivity contribution in [3.8, 4) is 5.75 Å². The van der Waals surface area contributed by atoms with Gasteiger partial charge in [0, 0.05) is 18.2 Å². The van der Waals surface area contributed by atoms with Crippen molar-refractivity contribution < 1.29 is 23.8 Å². The second kappa shape index (κ2) is 7.31. The number of carboxylic acid groups (broad SMARTS) is 1. The van der Waals surface area contributed by atoms with Gasteiger partial charge in [-0.05, 0) is 31.4 Å². The van der Waals surface area contributed by atoms with E-state index in [1.807, 2.05) is 0 Å². The first kappa shape index (κ1) is 16.4. The van der Waals surface area contributed by atoms with Crippen molar-refractivity contribution >= 4 is 23.6 Å². The van der Waals surface area contributed by atoms with Crippen LogP contribution in [0.2, 0.25) is 5.02 Å². The molecule has 0 radical (unpaired) electrons. The van der Waals surface area contributed by atoms with E-state index in [9.17, 15) is 14.0 Å². The predicted molar refractivity (Wildman–Crippen MR) is 77.6 cm³/mol. The second-order valence-corrected chi connectivity index (χ2v) is 5.50. The molecule has 22 heavy (non-hydrogen) atoms. The average molecular weight is 331 g/mol. The highest BCUT2D eigenvalue weighted by Crippen LogP contribution is 2.21. The monoisotopic (exact) mass is 330 g/mol. The van der Waals surface area contributed by atoms with Crippen LogP contribution < -0.4 is 15.4 Å². The summed E-state index contributed by atoms with van der Waals surface area (Å²) in [6.45, 7) is -0.241. The summed E-state index contributed by atoms with van der Waals surface area (Å²) in [6, 6.07) is 3.70. The van der Waals surface area contributed by atoms with Crippen LogP contribution in [0.4, 0.5) is 9.18 Å². The molecule has 2 amide bonds. The Kier molecular flexibility index (Phi) is 5.43. The number of halogens is 2. The Morgan fingerprint density at radius 3 is 2.64 bits per heavy atom. The van der Waals surface area contributed by atoms with Crippen LogP contribution in [0.15, 0.2) is 18.2 Å². The van der Waals surface area contributed by atoms with Crippen molar-refractivity contribution in [2.75, 3.05) is 6.61 Å². The van der Waals surface area contributed by atoms with Crippen molar-refractivity contribution in [3.05, 3.63) is 29.0 Å². The maximum absolute atomic E-state index is 13.2. The van der Waals surface area contributed by atoms with Crippen molar-refractivity contribution in [2.45, 2.75) is 31.3 Å². The third kappa shape index (κ3) is 4.77. The van der Waals surface area contributed by atoms with E-state index < -0.39 is 11.9 Å². The van der Waals surface area contributed by atoms with Gasteiger partial charge >= 0.3 is 6.09 Å². The van der Waals surface area contributed by atoms with Gasteiger partial charge in [-0.15, -0.1) is 0 Å². The fourth-order valence-corrected chi connectivity index (χ4v) is 2.52. The molecule has 1 aliphatic rings. The van der Waals surface area contributed by atoms with Gasteiger partial charge in [-0.3, -0.25) is 4.79 Å². The lowest BCUT2D eigenvalue weighted by atomic mass is 10.2. The maximum Gasteiger partial charge on any atom is 0.404 e. The van der Waals surface area contributed by atoms with Gasteiger partial charge in [0.15, 0.2) is 6.61 Å². The first-order valence-corrected chi connectivity index (χ1v) is 7.18. The SMILES string of the molecule is O=C(O)N[C@H]1CC[C@H](NC(=O)COc2ccc(Cl)c(F)c2)C1. The van der Waals surface area contributed by atoms with E-state index in [4.69, 9.17) is 21.4 Å². The normalized spacial score (nSPS) is 20.5. The quantitative estimate of drug-likeness (QED) is 0.772. The summed E-state index contributed by atoms with van der Waals surface area (Å²) in [5, 5.41) is 13.8. The number of hydrogen-bond donors (Lipinski definition) is 3. The minimum Gasteiger partial charge on any atom is -0.484 e. The fourth-order valence-electron chi connectivity index (χ4n) is 2.40. The standard InChI is InChI=1S/C14H16ClFN2O4/c15-11-4-3-10(6-12(11)16)22-7-13(19)17-8-1-2-9(5-8)18-14(20)21/h3-4,6,8-9,18H,1-2,5,7H2,(H,17,19)(H,20,21)/t8-,9-/m0/s1. The fraction of sp³-hybridized carbons (Fsp3) is 0.429. The van der Waals surface area contributed by atoms with Gasteiger partial charge in [0.1, 0.15) is 11.6 Å². The molecule has 2 rings (SSSR count). The van der Waals surface area contributed by atoms with Crippen molar-refractivity contribution in [1.82, 2.24) is 10.6 Å². The molecule has 3 N–H and O–H groups in total. The molecule has 120 valence electrons. The van der Waals surface area contributed by atoms with E-state index in [-0.39, 0.29) is 35.4 Å². The van der Waals surface area contributed by atoms with Crippen LogP contribution in [0, 0.1) is 5.82 Å². The van der Waals surface area contributed by atoms with Gasteiger partial charge in [0.25, 0.3) is 5.91 Å². The predicted octanol–water partition coefficient (Wildman–Crippen LogP) is 2.16. The molecule has 1 saturated carbocycles. The summed E-state index contributed by atoms with van der Waals surface area (Å²) in [5.74, 6) is -0.733.